The molecule has 0 aliphatic carbocycles. The molecule has 16 heteroatoms. The van der Waals surface area contributed by atoms with E-state index in [-0.39, 0.29) is 36.4 Å². The number of nitrogens with one attached hydrogen (secondary N) is 5. The van der Waals surface area contributed by atoms with E-state index in [2.05, 4.69) is 26.3 Å². The summed E-state index contributed by atoms with van der Waals surface area (Å²) in [6.45, 7) is 7.13. The van der Waals surface area contributed by atoms with Crippen molar-refractivity contribution >= 4 is 35.5 Å². The first kappa shape index (κ1) is 35.0. The van der Waals surface area contributed by atoms with Crippen LogP contribution in [0.1, 0.15) is 58.2 Å². The van der Waals surface area contributed by atoms with E-state index in [4.69, 9.17) is 0 Å². The number of aromatic nitrogens is 1. The zero-order valence-corrected chi connectivity index (χ0v) is 24.2. The van der Waals surface area contributed by atoms with Crippen molar-refractivity contribution in [3.63, 3.8) is 0 Å². The summed E-state index contributed by atoms with van der Waals surface area (Å²) in [4.78, 5) is 79.3. The maximum absolute atomic E-state index is 13.4. The molecule has 6 N–H and O–H groups in total. The van der Waals surface area contributed by atoms with Crippen LogP contribution in [-0.4, -0.2) is 76.3 Å². The summed E-state index contributed by atoms with van der Waals surface area (Å²) in [5, 5.41) is 21.2. The number of hydrogen-bond donors (Lipinski definition) is 6. The first-order chi connectivity index (χ1) is 20.0. The average Bonchev–Trinajstić information content (AvgIpc) is 3.29. The SMILES string of the molecule is CC(C)C[C@H](NC(=O)[C@H](Cc1ccc(C(F)(F)F)cn1)NC(=O)O)C(=O)N[C@@H](C[C@@H]1CCNC1=O)C(=O)C(=O)NC(C)C. The Balaban J connectivity index is 2.26. The summed E-state index contributed by atoms with van der Waals surface area (Å²) < 4.78 is 38.6. The molecule has 2 rings (SSSR count). The van der Waals surface area contributed by atoms with Gasteiger partial charge in [-0.3, -0.25) is 29.0 Å². The fourth-order valence-corrected chi connectivity index (χ4v) is 4.41. The third-order valence-electron chi connectivity index (χ3n) is 6.48. The molecule has 0 spiro atoms. The number of Topliss-reactive ketones (excluding diaryl/α,β-unsaturated/α-hetero) is 1. The minimum Gasteiger partial charge on any atom is -0.465 e. The lowest BCUT2D eigenvalue weighted by Crippen LogP contribution is -2.57. The van der Waals surface area contributed by atoms with Crippen molar-refractivity contribution in [2.45, 2.75) is 83.7 Å². The van der Waals surface area contributed by atoms with E-state index in [9.17, 15) is 47.0 Å². The highest BCUT2D eigenvalue weighted by Gasteiger charge is 2.36. The molecule has 43 heavy (non-hydrogen) atoms. The predicted octanol–water partition coefficient (Wildman–Crippen LogP) is 0.915. The van der Waals surface area contributed by atoms with Gasteiger partial charge in [0.15, 0.2) is 0 Å². The van der Waals surface area contributed by atoms with Crippen LogP contribution < -0.4 is 26.6 Å². The molecule has 0 saturated carbocycles. The zero-order chi connectivity index (χ0) is 32.5. The fourth-order valence-electron chi connectivity index (χ4n) is 4.41. The average molecular weight is 615 g/mol. The van der Waals surface area contributed by atoms with Crippen LogP contribution in [0.5, 0.6) is 0 Å². The highest BCUT2D eigenvalue weighted by atomic mass is 19.4. The Kier molecular flexibility index (Phi) is 12.4. The number of ketones is 1. The van der Waals surface area contributed by atoms with Gasteiger partial charge in [0.25, 0.3) is 5.91 Å². The highest BCUT2D eigenvalue weighted by Crippen LogP contribution is 2.28. The smallest absolute Gasteiger partial charge is 0.417 e. The predicted molar refractivity (Wildman–Crippen MR) is 145 cm³/mol. The third kappa shape index (κ3) is 11.2. The van der Waals surface area contributed by atoms with E-state index in [1.54, 1.807) is 27.7 Å². The Hall–Kier alpha value is -4.24. The number of halogens is 3. The van der Waals surface area contributed by atoms with Gasteiger partial charge in [-0.15, -0.1) is 0 Å². The number of hydrogen-bond acceptors (Lipinski definition) is 7. The first-order valence-electron chi connectivity index (χ1n) is 13.7. The minimum atomic E-state index is -4.64. The molecule has 1 aromatic heterocycles. The van der Waals surface area contributed by atoms with Crippen LogP contribution in [-0.2, 0) is 36.6 Å². The molecule has 5 amide bonds. The van der Waals surface area contributed by atoms with Gasteiger partial charge in [-0.1, -0.05) is 13.8 Å². The first-order valence-corrected chi connectivity index (χ1v) is 13.7. The molecule has 13 nitrogen and oxygen atoms in total. The molecular weight excluding hydrogens is 577 g/mol. The van der Waals surface area contributed by atoms with Crippen molar-refractivity contribution < 1.29 is 47.0 Å². The lowest BCUT2D eigenvalue weighted by atomic mass is 9.94. The molecule has 1 saturated heterocycles. The van der Waals surface area contributed by atoms with E-state index >= 15 is 0 Å². The number of rotatable bonds is 14. The summed E-state index contributed by atoms with van der Waals surface area (Å²) in [5.74, 6) is -4.91. The van der Waals surface area contributed by atoms with Gasteiger partial charge < -0.3 is 31.7 Å². The minimum absolute atomic E-state index is 0.0246. The molecule has 0 aromatic carbocycles. The Morgan fingerprint density at radius 3 is 2.09 bits per heavy atom. The van der Waals surface area contributed by atoms with Crippen LogP contribution in [0, 0.1) is 11.8 Å². The van der Waals surface area contributed by atoms with Crippen LogP contribution in [0.2, 0.25) is 0 Å². The molecule has 0 radical (unpaired) electrons. The van der Waals surface area contributed by atoms with Gasteiger partial charge in [0.05, 0.1) is 11.6 Å². The third-order valence-corrected chi connectivity index (χ3v) is 6.48. The van der Waals surface area contributed by atoms with Crippen LogP contribution in [0.3, 0.4) is 0 Å². The van der Waals surface area contributed by atoms with Crippen molar-refractivity contribution in [1.29, 1.82) is 0 Å². The molecule has 238 valence electrons. The van der Waals surface area contributed by atoms with Crippen molar-refractivity contribution in [1.82, 2.24) is 31.6 Å². The summed E-state index contributed by atoms with van der Waals surface area (Å²) in [5.41, 5.74) is -1.05. The number of amides is 5. The maximum atomic E-state index is 13.4. The van der Waals surface area contributed by atoms with Gasteiger partial charge in [-0.25, -0.2) is 4.79 Å². The van der Waals surface area contributed by atoms with Gasteiger partial charge in [0, 0.05) is 36.8 Å². The van der Waals surface area contributed by atoms with Crippen molar-refractivity contribution in [3.8, 4) is 0 Å². The van der Waals surface area contributed by atoms with E-state index in [1.807, 2.05) is 5.32 Å². The molecule has 1 aliphatic rings. The lowest BCUT2D eigenvalue weighted by Gasteiger charge is -2.26. The highest BCUT2D eigenvalue weighted by molar-refractivity contribution is 6.38. The summed E-state index contributed by atoms with van der Waals surface area (Å²) in [6.07, 6.45) is -5.86. The monoisotopic (exact) mass is 614 g/mol. The van der Waals surface area contributed by atoms with E-state index < -0.39 is 71.8 Å². The van der Waals surface area contributed by atoms with Crippen LogP contribution >= 0.6 is 0 Å². The summed E-state index contributed by atoms with van der Waals surface area (Å²) in [7, 11) is 0. The second kappa shape index (κ2) is 15.3. The van der Waals surface area contributed by atoms with Gasteiger partial charge in [0.1, 0.15) is 12.1 Å². The molecule has 4 atom stereocenters. The van der Waals surface area contributed by atoms with E-state index in [0.29, 0.717) is 19.2 Å². The van der Waals surface area contributed by atoms with Crippen LogP contribution in [0.4, 0.5) is 18.0 Å². The normalized spacial score (nSPS) is 17.0. The standard InChI is InChI=1S/C27H37F3N6O7/c1-13(2)9-19(23(39)34-18(10-15-7-8-31-22(15)38)21(37)25(41)33-14(3)4)35-24(40)20(36-26(42)43)11-17-6-5-16(12-32-17)27(28,29)30/h5-6,12-15,18-20,36H,7-11H2,1-4H3,(H,31,38)(H,33,41)(H,34,39)(H,35,40)(H,42,43)/t15-,18-,19-,20-/m0/s1. The topological polar surface area (TPSA) is 196 Å². The number of alkyl halides is 3. The van der Waals surface area contributed by atoms with E-state index in [1.165, 1.54) is 0 Å². The maximum Gasteiger partial charge on any atom is 0.417 e. The van der Waals surface area contributed by atoms with Gasteiger partial charge in [0.2, 0.25) is 23.5 Å². The van der Waals surface area contributed by atoms with Gasteiger partial charge in [-0.2, -0.15) is 13.2 Å². The van der Waals surface area contributed by atoms with Crippen molar-refractivity contribution in [2.24, 2.45) is 11.8 Å². The number of carboxylic acid groups (broad SMARTS) is 1. The number of nitrogens with zero attached hydrogens (tertiary/aromatic N) is 1. The Bertz CT molecular complexity index is 1190. The molecule has 2 heterocycles. The number of carbonyl (C=O) groups is 6. The molecule has 1 aromatic rings. The second-order valence-electron chi connectivity index (χ2n) is 11.0. The lowest BCUT2D eigenvalue weighted by molar-refractivity contribution is -0.141. The Morgan fingerprint density at radius 1 is 0.977 bits per heavy atom. The molecular formula is C27H37F3N6O7. The van der Waals surface area contributed by atoms with Crippen molar-refractivity contribution in [2.75, 3.05) is 6.54 Å². The Morgan fingerprint density at radius 2 is 1.60 bits per heavy atom. The van der Waals surface area contributed by atoms with Crippen molar-refractivity contribution in [3.05, 3.63) is 29.6 Å². The number of pyridine rings is 1. The summed E-state index contributed by atoms with van der Waals surface area (Å²) >= 11 is 0. The molecule has 0 bridgehead atoms. The fraction of sp³-hybridized carbons (Fsp3) is 0.593. The molecule has 0 unspecified atom stereocenters. The van der Waals surface area contributed by atoms with Crippen LogP contribution in [0.15, 0.2) is 18.3 Å². The second-order valence-corrected chi connectivity index (χ2v) is 11.0. The molecule has 1 fully saturated rings. The van der Waals surface area contributed by atoms with Gasteiger partial charge in [-0.05, 0) is 51.2 Å². The quantitative estimate of drug-likeness (QED) is 0.166. The largest absolute Gasteiger partial charge is 0.465 e. The molecule has 1 aliphatic heterocycles. The number of carbonyl (C=O) groups excluding carboxylic acids is 5. The van der Waals surface area contributed by atoms with E-state index in [0.717, 1.165) is 12.1 Å². The Labute approximate surface area is 246 Å². The zero-order valence-electron chi connectivity index (χ0n) is 24.2. The van der Waals surface area contributed by atoms with Gasteiger partial charge >= 0.3 is 12.3 Å². The summed E-state index contributed by atoms with van der Waals surface area (Å²) in [6, 6.07) is -2.87. The van der Waals surface area contributed by atoms with Crippen LogP contribution in [0.25, 0.3) is 0 Å².